The molecule has 0 spiro atoms. The van der Waals surface area contributed by atoms with Gasteiger partial charge in [-0.25, -0.2) is 0 Å². The van der Waals surface area contributed by atoms with Crippen LogP contribution < -0.4 is 5.32 Å². The number of hydrogen-bond donors (Lipinski definition) is 1. The number of rotatable bonds is 7. The van der Waals surface area contributed by atoms with Gasteiger partial charge in [-0.2, -0.15) is 0 Å². The minimum atomic E-state index is -0.0627. The van der Waals surface area contributed by atoms with E-state index in [9.17, 15) is 4.79 Å². The molecule has 0 bridgehead atoms. The number of benzene rings is 2. The van der Waals surface area contributed by atoms with E-state index < -0.39 is 0 Å². The second-order valence-corrected chi connectivity index (χ2v) is 7.58. The van der Waals surface area contributed by atoms with E-state index in [4.69, 9.17) is 9.73 Å². The summed E-state index contributed by atoms with van der Waals surface area (Å²) in [5, 5.41) is 3.44. The summed E-state index contributed by atoms with van der Waals surface area (Å²) in [6, 6.07) is 21.1. The summed E-state index contributed by atoms with van der Waals surface area (Å²) in [6.45, 7) is 7.52. The van der Waals surface area contributed by atoms with Gasteiger partial charge in [0.15, 0.2) is 5.96 Å². The Morgan fingerprint density at radius 2 is 1.58 bits per heavy atom. The van der Waals surface area contributed by atoms with Crippen LogP contribution in [-0.4, -0.2) is 49.6 Å². The van der Waals surface area contributed by atoms with Crippen LogP contribution in [0.2, 0.25) is 0 Å². The number of hydrogen-bond acceptors (Lipinski definition) is 3. The van der Waals surface area contributed by atoms with Crippen LogP contribution in [0.4, 0.5) is 0 Å². The Bertz CT molecular complexity index is 767. The SMILES string of the molecule is CCNC(=NCC(c1ccccc1)c1ccccc1)N1CCC(C(=O)OCC)CC1.I. The summed E-state index contributed by atoms with van der Waals surface area (Å²) in [7, 11) is 0. The first-order chi connectivity index (χ1) is 14.7. The van der Waals surface area contributed by atoms with E-state index in [1.807, 2.05) is 19.1 Å². The van der Waals surface area contributed by atoms with Crippen LogP contribution in [0.15, 0.2) is 65.7 Å². The zero-order chi connectivity index (χ0) is 21.2. The van der Waals surface area contributed by atoms with Crippen LogP contribution in [0.25, 0.3) is 0 Å². The van der Waals surface area contributed by atoms with Crippen LogP contribution in [0.3, 0.4) is 0 Å². The van der Waals surface area contributed by atoms with Crippen molar-refractivity contribution >= 4 is 35.9 Å². The molecule has 0 unspecified atom stereocenters. The Hall–Kier alpha value is -2.09. The van der Waals surface area contributed by atoms with E-state index >= 15 is 0 Å². The predicted molar refractivity (Wildman–Crippen MR) is 137 cm³/mol. The number of guanidine groups is 1. The molecule has 1 heterocycles. The molecule has 2 aromatic rings. The van der Waals surface area contributed by atoms with Crippen LogP contribution in [0, 0.1) is 5.92 Å². The molecular weight excluding hydrogens is 501 g/mol. The summed E-state index contributed by atoms with van der Waals surface area (Å²) in [6.07, 6.45) is 1.62. The largest absolute Gasteiger partial charge is 0.466 e. The predicted octanol–water partition coefficient (Wildman–Crippen LogP) is 4.68. The maximum Gasteiger partial charge on any atom is 0.309 e. The van der Waals surface area contributed by atoms with Crippen molar-refractivity contribution in [3.05, 3.63) is 71.8 Å². The Morgan fingerprint density at radius 3 is 2.06 bits per heavy atom. The Labute approximate surface area is 203 Å². The topological polar surface area (TPSA) is 53.9 Å². The monoisotopic (exact) mass is 535 g/mol. The zero-order valence-electron chi connectivity index (χ0n) is 18.5. The normalized spacial score (nSPS) is 14.8. The first kappa shape index (κ1) is 25.2. The van der Waals surface area contributed by atoms with Gasteiger partial charge in [-0.05, 0) is 37.8 Å². The van der Waals surface area contributed by atoms with Crippen molar-refractivity contribution in [1.82, 2.24) is 10.2 Å². The lowest BCUT2D eigenvalue weighted by molar-refractivity contribution is -0.149. The molecule has 1 aliphatic rings. The van der Waals surface area contributed by atoms with Crippen molar-refractivity contribution in [2.75, 3.05) is 32.8 Å². The molecule has 6 heteroatoms. The maximum absolute atomic E-state index is 12.0. The molecular formula is C25H34IN3O2. The van der Waals surface area contributed by atoms with Gasteiger partial charge in [0, 0.05) is 25.6 Å². The average molecular weight is 535 g/mol. The number of piperidine rings is 1. The van der Waals surface area contributed by atoms with E-state index in [-0.39, 0.29) is 41.8 Å². The molecule has 0 aliphatic carbocycles. The third kappa shape index (κ3) is 7.23. The van der Waals surface area contributed by atoms with Crippen LogP contribution in [-0.2, 0) is 9.53 Å². The van der Waals surface area contributed by atoms with Gasteiger partial charge in [-0.15, -0.1) is 24.0 Å². The standard InChI is InChI=1S/C25H33N3O2.HI/c1-3-26-25(28-17-15-22(16-18-28)24(29)30-4-2)27-19-23(20-11-7-5-8-12-20)21-13-9-6-10-14-21;/h5-14,22-23H,3-4,15-19H2,1-2H3,(H,26,27);1H. The van der Waals surface area contributed by atoms with Crippen molar-refractivity contribution in [3.63, 3.8) is 0 Å². The number of aliphatic imine (C=N–C) groups is 1. The fraction of sp³-hybridized carbons (Fsp3) is 0.440. The van der Waals surface area contributed by atoms with E-state index in [1.54, 1.807) is 0 Å². The molecule has 1 N–H and O–H groups in total. The number of likely N-dealkylation sites (tertiary alicyclic amines) is 1. The molecule has 0 aromatic heterocycles. The molecule has 3 rings (SSSR count). The number of esters is 1. The summed E-state index contributed by atoms with van der Waals surface area (Å²) >= 11 is 0. The van der Waals surface area contributed by atoms with Crippen molar-refractivity contribution < 1.29 is 9.53 Å². The zero-order valence-corrected chi connectivity index (χ0v) is 20.8. The lowest BCUT2D eigenvalue weighted by atomic mass is 9.91. The number of carbonyl (C=O) groups excluding carboxylic acids is 1. The van der Waals surface area contributed by atoms with Gasteiger partial charge in [0.05, 0.1) is 19.1 Å². The highest BCUT2D eigenvalue weighted by Gasteiger charge is 2.27. The number of carbonyl (C=O) groups is 1. The smallest absolute Gasteiger partial charge is 0.309 e. The highest BCUT2D eigenvalue weighted by atomic mass is 127. The average Bonchev–Trinajstić information content (AvgIpc) is 2.80. The highest BCUT2D eigenvalue weighted by Crippen LogP contribution is 2.25. The Morgan fingerprint density at radius 1 is 1.03 bits per heavy atom. The molecule has 0 atom stereocenters. The van der Waals surface area contributed by atoms with Gasteiger partial charge in [-0.1, -0.05) is 60.7 Å². The second kappa shape index (κ2) is 13.3. The van der Waals surface area contributed by atoms with E-state index in [0.29, 0.717) is 13.2 Å². The van der Waals surface area contributed by atoms with E-state index in [2.05, 4.69) is 65.7 Å². The third-order valence-electron chi connectivity index (χ3n) is 5.58. The quantitative estimate of drug-likeness (QED) is 0.242. The van der Waals surface area contributed by atoms with Crippen molar-refractivity contribution in [3.8, 4) is 0 Å². The fourth-order valence-electron chi connectivity index (χ4n) is 3.96. The Kier molecular flexibility index (Phi) is 10.8. The van der Waals surface area contributed by atoms with Crippen molar-refractivity contribution in [1.29, 1.82) is 0 Å². The summed E-state index contributed by atoms with van der Waals surface area (Å²) in [5.41, 5.74) is 2.54. The first-order valence-electron chi connectivity index (χ1n) is 11.0. The lowest BCUT2D eigenvalue weighted by Crippen LogP contribution is -2.47. The van der Waals surface area contributed by atoms with Crippen LogP contribution >= 0.6 is 24.0 Å². The van der Waals surface area contributed by atoms with Gasteiger partial charge in [0.2, 0.25) is 0 Å². The van der Waals surface area contributed by atoms with Gasteiger partial charge < -0.3 is 15.0 Å². The maximum atomic E-state index is 12.0. The molecule has 0 saturated carbocycles. The minimum absolute atomic E-state index is 0. The summed E-state index contributed by atoms with van der Waals surface area (Å²) < 4.78 is 5.20. The molecule has 1 aliphatic heterocycles. The van der Waals surface area contributed by atoms with Crippen molar-refractivity contribution in [2.24, 2.45) is 10.9 Å². The summed E-state index contributed by atoms with van der Waals surface area (Å²) in [5.74, 6) is 1.08. The van der Waals surface area contributed by atoms with Crippen molar-refractivity contribution in [2.45, 2.75) is 32.6 Å². The molecule has 1 fully saturated rings. The molecule has 0 radical (unpaired) electrons. The first-order valence-corrected chi connectivity index (χ1v) is 11.0. The molecule has 1 saturated heterocycles. The molecule has 2 aromatic carbocycles. The number of halogens is 1. The molecule has 5 nitrogen and oxygen atoms in total. The molecule has 0 amide bonds. The number of ether oxygens (including phenoxy) is 1. The lowest BCUT2D eigenvalue weighted by Gasteiger charge is -2.33. The van der Waals surface area contributed by atoms with Gasteiger partial charge in [0.1, 0.15) is 0 Å². The van der Waals surface area contributed by atoms with Gasteiger partial charge in [-0.3, -0.25) is 9.79 Å². The van der Waals surface area contributed by atoms with Crippen LogP contribution in [0.1, 0.15) is 43.7 Å². The molecule has 168 valence electrons. The third-order valence-corrected chi connectivity index (χ3v) is 5.58. The minimum Gasteiger partial charge on any atom is -0.466 e. The van der Waals surface area contributed by atoms with Gasteiger partial charge >= 0.3 is 5.97 Å². The second-order valence-electron chi connectivity index (χ2n) is 7.58. The highest BCUT2D eigenvalue weighted by molar-refractivity contribution is 14.0. The fourth-order valence-corrected chi connectivity index (χ4v) is 3.96. The Balaban J connectivity index is 0.00000341. The van der Waals surface area contributed by atoms with Crippen LogP contribution in [0.5, 0.6) is 0 Å². The summed E-state index contributed by atoms with van der Waals surface area (Å²) in [4.78, 5) is 19.3. The number of nitrogens with zero attached hydrogens (tertiary/aromatic N) is 2. The number of nitrogens with one attached hydrogen (secondary N) is 1. The van der Waals surface area contributed by atoms with E-state index in [0.717, 1.165) is 38.4 Å². The van der Waals surface area contributed by atoms with Gasteiger partial charge in [0.25, 0.3) is 0 Å². The molecule has 31 heavy (non-hydrogen) atoms. The van der Waals surface area contributed by atoms with E-state index in [1.165, 1.54) is 11.1 Å².